The molecule has 0 bridgehead atoms. The first-order valence-electron chi connectivity index (χ1n) is 6.51. The summed E-state index contributed by atoms with van der Waals surface area (Å²) in [4.78, 5) is 0.444. The standard InChI is InChI=1S/C15H16N4S/c1-18-11(5-8-17-18)6-9-19-10-7-12-13(15(16)20)3-2-4-14(12)19/h2-5,7-8,10H,6,9H2,1H3,(H2,16,20). The van der Waals surface area contributed by atoms with Crippen LogP contribution in [0.15, 0.2) is 42.7 Å². The molecule has 2 aromatic heterocycles. The number of aryl methyl sites for hydroxylation is 3. The van der Waals surface area contributed by atoms with E-state index in [0.29, 0.717) is 4.99 Å². The summed E-state index contributed by atoms with van der Waals surface area (Å²) < 4.78 is 4.14. The smallest absolute Gasteiger partial charge is 0.104 e. The second-order valence-corrected chi connectivity index (χ2v) is 5.25. The second-order valence-electron chi connectivity index (χ2n) is 4.81. The van der Waals surface area contributed by atoms with Crippen LogP contribution in [0.2, 0.25) is 0 Å². The molecule has 0 saturated carbocycles. The lowest BCUT2D eigenvalue weighted by Crippen LogP contribution is -2.09. The molecule has 102 valence electrons. The van der Waals surface area contributed by atoms with Crippen molar-refractivity contribution in [1.82, 2.24) is 14.3 Å². The monoisotopic (exact) mass is 284 g/mol. The maximum absolute atomic E-state index is 5.77. The van der Waals surface area contributed by atoms with Crippen LogP contribution in [0.25, 0.3) is 10.9 Å². The highest BCUT2D eigenvalue weighted by Crippen LogP contribution is 2.20. The molecule has 0 unspecified atom stereocenters. The average Bonchev–Trinajstić information content (AvgIpc) is 3.02. The Balaban J connectivity index is 1.91. The van der Waals surface area contributed by atoms with Gasteiger partial charge < -0.3 is 10.3 Å². The molecule has 0 atom stereocenters. The van der Waals surface area contributed by atoms with Crippen molar-refractivity contribution in [1.29, 1.82) is 0 Å². The quantitative estimate of drug-likeness (QED) is 0.748. The molecule has 0 aliphatic carbocycles. The summed E-state index contributed by atoms with van der Waals surface area (Å²) in [6.45, 7) is 0.907. The number of rotatable bonds is 4. The number of benzene rings is 1. The summed E-state index contributed by atoms with van der Waals surface area (Å²) in [5.74, 6) is 0. The Bertz CT molecular complexity index is 769. The van der Waals surface area contributed by atoms with Crippen LogP contribution >= 0.6 is 12.2 Å². The predicted octanol–water partition coefficient (Wildman–Crippen LogP) is 2.25. The summed E-state index contributed by atoms with van der Waals surface area (Å²) in [7, 11) is 1.97. The normalized spacial score (nSPS) is 11.1. The molecule has 0 radical (unpaired) electrons. The highest BCUT2D eigenvalue weighted by Gasteiger charge is 2.07. The molecule has 4 nitrogen and oxygen atoms in total. The number of hydrogen-bond donors (Lipinski definition) is 1. The van der Waals surface area contributed by atoms with Gasteiger partial charge in [0.05, 0.1) is 0 Å². The maximum atomic E-state index is 5.77. The molecule has 3 rings (SSSR count). The number of thiocarbonyl (C=S) groups is 1. The van der Waals surface area contributed by atoms with Gasteiger partial charge in [-0.15, -0.1) is 0 Å². The van der Waals surface area contributed by atoms with Crippen LogP contribution in [0.3, 0.4) is 0 Å². The number of fused-ring (bicyclic) bond motifs is 1. The van der Waals surface area contributed by atoms with E-state index in [9.17, 15) is 0 Å². The SMILES string of the molecule is Cn1nccc1CCn1ccc2c(C(N)=S)cccc21. The van der Waals surface area contributed by atoms with E-state index < -0.39 is 0 Å². The molecule has 20 heavy (non-hydrogen) atoms. The van der Waals surface area contributed by atoms with Gasteiger partial charge in [0, 0.05) is 54.6 Å². The lowest BCUT2D eigenvalue weighted by atomic mass is 10.1. The molecule has 1 aromatic carbocycles. The highest BCUT2D eigenvalue weighted by atomic mass is 32.1. The van der Waals surface area contributed by atoms with Gasteiger partial charge in [0.15, 0.2) is 0 Å². The van der Waals surface area contributed by atoms with E-state index in [2.05, 4.69) is 28.0 Å². The fourth-order valence-corrected chi connectivity index (χ4v) is 2.69. The Morgan fingerprint density at radius 2 is 2.15 bits per heavy atom. The van der Waals surface area contributed by atoms with Gasteiger partial charge in [0.1, 0.15) is 4.99 Å². The third-order valence-electron chi connectivity index (χ3n) is 3.61. The van der Waals surface area contributed by atoms with Gasteiger partial charge in [-0.3, -0.25) is 4.68 Å². The van der Waals surface area contributed by atoms with Gasteiger partial charge >= 0.3 is 0 Å². The minimum atomic E-state index is 0.444. The van der Waals surface area contributed by atoms with Gasteiger partial charge in [0.25, 0.3) is 0 Å². The molecule has 0 aliphatic heterocycles. The number of nitrogens with zero attached hydrogens (tertiary/aromatic N) is 3. The van der Waals surface area contributed by atoms with E-state index in [1.165, 1.54) is 5.69 Å². The van der Waals surface area contributed by atoms with Crippen molar-refractivity contribution in [3.8, 4) is 0 Å². The third-order valence-corrected chi connectivity index (χ3v) is 3.83. The second kappa shape index (κ2) is 5.09. The van der Waals surface area contributed by atoms with Gasteiger partial charge in [-0.05, 0) is 18.2 Å². The molecule has 0 fully saturated rings. The van der Waals surface area contributed by atoms with Crippen LogP contribution in [-0.2, 0) is 20.0 Å². The summed E-state index contributed by atoms with van der Waals surface area (Å²) >= 11 is 5.10. The zero-order valence-corrected chi connectivity index (χ0v) is 12.1. The first kappa shape index (κ1) is 12.9. The maximum Gasteiger partial charge on any atom is 0.104 e. The van der Waals surface area contributed by atoms with Crippen LogP contribution < -0.4 is 5.73 Å². The average molecular weight is 284 g/mol. The number of nitrogens with two attached hydrogens (primary N) is 1. The van der Waals surface area contributed by atoms with Crippen LogP contribution in [0.4, 0.5) is 0 Å². The first-order valence-corrected chi connectivity index (χ1v) is 6.92. The van der Waals surface area contributed by atoms with E-state index in [4.69, 9.17) is 18.0 Å². The molecular formula is C15H16N4S. The first-order chi connectivity index (χ1) is 9.66. The van der Waals surface area contributed by atoms with Gasteiger partial charge in [-0.1, -0.05) is 24.4 Å². The van der Waals surface area contributed by atoms with Crippen molar-refractivity contribution in [2.45, 2.75) is 13.0 Å². The van der Waals surface area contributed by atoms with E-state index in [1.807, 2.05) is 36.1 Å². The summed E-state index contributed by atoms with van der Waals surface area (Å²) in [5.41, 5.74) is 9.10. The Morgan fingerprint density at radius 1 is 1.30 bits per heavy atom. The lowest BCUT2D eigenvalue weighted by Gasteiger charge is -2.07. The Hall–Kier alpha value is -2.14. The van der Waals surface area contributed by atoms with Crippen molar-refractivity contribution >= 4 is 28.1 Å². The Kier molecular flexibility index (Phi) is 3.28. The van der Waals surface area contributed by atoms with Crippen molar-refractivity contribution in [3.05, 3.63) is 54.0 Å². The minimum Gasteiger partial charge on any atom is -0.389 e. The summed E-state index contributed by atoms with van der Waals surface area (Å²) in [6.07, 6.45) is 4.86. The summed E-state index contributed by atoms with van der Waals surface area (Å²) in [6, 6.07) is 10.2. The van der Waals surface area contributed by atoms with Crippen LogP contribution in [0, 0.1) is 0 Å². The van der Waals surface area contributed by atoms with Crippen molar-refractivity contribution in [2.24, 2.45) is 12.8 Å². The van der Waals surface area contributed by atoms with Crippen molar-refractivity contribution in [3.63, 3.8) is 0 Å². The topological polar surface area (TPSA) is 48.8 Å². The Morgan fingerprint density at radius 3 is 2.85 bits per heavy atom. The predicted molar refractivity (Wildman–Crippen MR) is 84.7 cm³/mol. The molecule has 2 heterocycles. The Labute approximate surface area is 122 Å². The zero-order valence-electron chi connectivity index (χ0n) is 11.3. The van der Waals surface area contributed by atoms with E-state index in [-0.39, 0.29) is 0 Å². The minimum absolute atomic E-state index is 0.444. The molecule has 0 saturated heterocycles. The molecule has 2 N–H and O–H groups in total. The van der Waals surface area contributed by atoms with Crippen LogP contribution in [0.5, 0.6) is 0 Å². The summed E-state index contributed by atoms with van der Waals surface area (Å²) in [5, 5.41) is 5.31. The van der Waals surface area contributed by atoms with Crippen LogP contribution in [0.1, 0.15) is 11.3 Å². The molecule has 0 amide bonds. The number of hydrogen-bond acceptors (Lipinski definition) is 2. The molecule has 3 aromatic rings. The number of aromatic nitrogens is 3. The largest absolute Gasteiger partial charge is 0.389 e. The van der Waals surface area contributed by atoms with Gasteiger partial charge in [-0.25, -0.2) is 0 Å². The van der Waals surface area contributed by atoms with Gasteiger partial charge in [0.2, 0.25) is 0 Å². The lowest BCUT2D eigenvalue weighted by molar-refractivity contribution is 0.649. The van der Waals surface area contributed by atoms with E-state index in [0.717, 1.165) is 29.4 Å². The fourth-order valence-electron chi connectivity index (χ4n) is 2.51. The fraction of sp³-hybridized carbons (Fsp3) is 0.200. The molecule has 5 heteroatoms. The van der Waals surface area contributed by atoms with E-state index >= 15 is 0 Å². The molecular weight excluding hydrogens is 268 g/mol. The van der Waals surface area contributed by atoms with Crippen molar-refractivity contribution in [2.75, 3.05) is 0 Å². The van der Waals surface area contributed by atoms with E-state index in [1.54, 1.807) is 0 Å². The van der Waals surface area contributed by atoms with Crippen LogP contribution in [-0.4, -0.2) is 19.3 Å². The zero-order chi connectivity index (χ0) is 14.1. The van der Waals surface area contributed by atoms with Gasteiger partial charge in [-0.2, -0.15) is 5.10 Å². The van der Waals surface area contributed by atoms with Crippen molar-refractivity contribution < 1.29 is 0 Å². The molecule has 0 spiro atoms. The third kappa shape index (κ3) is 2.20. The highest BCUT2D eigenvalue weighted by molar-refractivity contribution is 7.80. The molecule has 0 aliphatic rings.